The number of aromatic nitrogens is 1. The minimum absolute atomic E-state index is 0.00706. The summed E-state index contributed by atoms with van der Waals surface area (Å²) in [7, 11) is -1.57. The number of likely N-dealkylation sites (tertiary alicyclic amines) is 1. The molecular weight excluding hydrogens is 527 g/mol. The van der Waals surface area contributed by atoms with Gasteiger partial charge in [0.2, 0.25) is 10.0 Å². The maximum Gasteiger partial charge on any atom is 0.265 e. The molecule has 1 unspecified atom stereocenters. The van der Waals surface area contributed by atoms with Gasteiger partial charge >= 0.3 is 0 Å². The van der Waals surface area contributed by atoms with Crippen LogP contribution >= 0.6 is 22.9 Å². The van der Waals surface area contributed by atoms with Crippen LogP contribution < -0.4 is 10.0 Å². The van der Waals surface area contributed by atoms with Gasteiger partial charge in [0.05, 0.1) is 22.4 Å². The standard InChI is InChI=1S/C24H26ClFN4O4S2/c1-13-19(22-20(26)5-14(10-27-22)24(2,32)15-11-30(3)12-15)9-21(35-13)23(31)28-17-6-16(25)7-18(8-17)29-36(4,33)34/h5-10,15,29,32H,11-12H2,1-4H3,(H,28,31). The number of carbonyl (C=O) groups is 1. The van der Waals surface area contributed by atoms with Crippen molar-refractivity contribution < 1.29 is 22.7 Å². The Bertz CT molecular complexity index is 1440. The normalized spacial score (nSPS) is 16.3. The van der Waals surface area contributed by atoms with Crippen LogP contribution in [0.4, 0.5) is 15.8 Å². The Morgan fingerprint density at radius 1 is 1.25 bits per heavy atom. The zero-order valence-corrected chi connectivity index (χ0v) is 22.5. The molecular formula is C24H26ClFN4O4S2. The van der Waals surface area contributed by atoms with Crippen LogP contribution in [-0.2, 0) is 15.6 Å². The highest BCUT2D eigenvalue weighted by atomic mass is 35.5. The number of pyridine rings is 1. The number of hydrogen-bond donors (Lipinski definition) is 3. The second-order valence-electron chi connectivity index (χ2n) is 9.26. The quantitative estimate of drug-likeness (QED) is 0.403. The largest absolute Gasteiger partial charge is 0.385 e. The SMILES string of the molecule is Cc1sc(C(=O)Nc2cc(Cl)cc(NS(C)(=O)=O)c2)cc1-c1ncc(C(C)(O)C2CN(C)C2)cc1F. The number of sulfonamides is 1. The van der Waals surface area contributed by atoms with Crippen LogP contribution in [0.5, 0.6) is 0 Å². The minimum atomic E-state index is -3.53. The molecule has 3 aromatic rings. The maximum atomic E-state index is 15.1. The van der Waals surface area contributed by atoms with Gasteiger partial charge in [0.25, 0.3) is 5.91 Å². The number of thiophene rings is 1. The van der Waals surface area contributed by atoms with Gasteiger partial charge < -0.3 is 15.3 Å². The molecule has 36 heavy (non-hydrogen) atoms. The molecule has 2 aromatic heterocycles. The summed E-state index contributed by atoms with van der Waals surface area (Å²) in [4.78, 5) is 20.3. The van der Waals surface area contributed by atoms with Gasteiger partial charge in [0.15, 0.2) is 0 Å². The molecule has 0 spiro atoms. The highest BCUT2D eigenvalue weighted by Crippen LogP contribution is 2.37. The number of nitrogens with one attached hydrogen (secondary N) is 2. The maximum absolute atomic E-state index is 15.1. The smallest absolute Gasteiger partial charge is 0.265 e. The van der Waals surface area contributed by atoms with Crippen LogP contribution in [0.2, 0.25) is 5.02 Å². The van der Waals surface area contributed by atoms with Gasteiger partial charge in [0, 0.05) is 51.9 Å². The van der Waals surface area contributed by atoms with Gasteiger partial charge in [-0.25, -0.2) is 12.8 Å². The molecule has 192 valence electrons. The molecule has 1 saturated heterocycles. The molecule has 0 radical (unpaired) electrons. The molecule has 4 rings (SSSR count). The van der Waals surface area contributed by atoms with E-state index >= 15 is 4.39 Å². The molecule has 0 aliphatic carbocycles. The van der Waals surface area contributed by atoms with Crippen LogP contribution in [0.1, 0.15) is 27.0 Å². The second-order valence-corrected chi connectivity index (χ2v) is 12.7. The molecule has 1 amide bonds. The molecule has 0 saturated carbocycles. The number of hydrogen-bond acceptors (Lipinski definition) is 7. The molecule has 8 nitrogen and oxygen atoms in total. The van der Waals surface area contributed by atoms with Crippen molar-refractivity contribution in [3.05, 3.63) is 62.7 Å². The summed E-state index contributed by atoms with van der Waals surface area (Å²) in [6, 6.07) is 7.21. The first-order valence-electron chi connectivity index (χ1n) is 11.0. The van der Waals surface area contributed by atoms with Gasteiger partial charge in [0.1, 0.15) is 11.5 Å². The van der Waals surface area contributed by atoms with E-state index in [9.17, 15) is 18.3 Å². The summed E-state index contributed by atoms with van der Waals surface area (Å²) in [5.74, 6) is -1.05. The van der Waals surface area contributed by atoms with E-state index < -0.39 is 27.3 Å². The van der Waals surface area contributed by atoms with Gasteiger partial charge in [-0.1, -0.05) is 11.6 Å². The van der Waals surface area contributed by atoms with Crippen LogP contribution in [0.25, 0.3) is 11.3 Å². The fourth-order valence-electron chi connectivity index (χ4n) is 4.16. The number of carbonyl (C=O) groups excluding carboxylic acids is 1. The average Bonchev–Trinajstić information content (AvgIpc) is 3.11. The van der Waals surface area contributed by atoms with E-state index in [2.05, 4.69) is 19.9 Å². The first-order chi connectivity index (χ1) is 16.7. The molecule has 1 atom stereocenters. The molecule has 1 aliphatic rings. The number of aliphatic hydroxyl groups is 1. The van der Waals surface area contributed by atoms with E-state index in [0.717, 1.165) is 19.3 Å². The van der Waals surface area contributed by atoms with Crippen LogP contribution in [0.15, 0.2) is 36.5 Å². The number of benzene rings is 1. The Morgan fingerprint density at radius 2 is 1.92 bits per heavy atom. The number of nitrogens with zero attached hydrogens (tertiary/aromatic N) is 2. The van der Waals surface area contributed by atoms with Gasteiger partial charge in [-0.3, -0.25) is 14.5 Å². The summed E-state index contributed by atoms with van der Waals surface area (Å²) < 4.78 is 40.5. The predicted molar refractivity (Wildman–Crippen MR) is 141 cm³/mol. The third-order valence-corrected chi connectivity index (χ3v) is 8.01. The van der Waals surface area contributed by atoms with Crippen LogP contribution in [0.3, 0.4) is 0 Å². The fourth-order valence-corrected chi connectivity index (χ4v) is 5.86. The number of anilines is 2. The summed E-state index contributed by atoms with van der Waals surface area (Å²) >= 11 is 7.24. The summed E-state index contributed by atoms with van der Waals surface area (Å²) in [5, 5.41) is 13.9. The lowest BCUT2D eigenvalue weighted by atomic mass is 9.79. The van der Waals surface area contributed by atoms with Crippen molar-refractivity contribution in [3.8, 4) is 11.3 Å². The Morgan fingerprint density at radius 3 is 2.53 bits per heavy atom. The van der Waals surface area contributed by atoms with Crippen LogP contribution in [0, 0.1) is 18.7 Å². The van der Waals surface area contributed by atoms with E-state index in [-0.39, 0.29) is 22.3 Å². The van der Waals surface area contributed by atoms with Crippen molar-refractivity contribution in [2.45, 2.75) is 19.4 Å². The minimum Gasteiger partial charge on any atom is -0.385 e. The Kier molecular flexibility index (Phi) is 7.15. The number of rotatable bonds is 7. The lowest BCUT2D eigenvalue weighted by molar-refractivity contribution is -0.0714. The van der Waals surface area contributed by atoms with E-state index in [1.54, 1.807) is 19.9 Å². The van der Waals surface area contributed by atoms with E-state index in [1.165, 1.54) is 41.8 Å². The second kappa shape index (κ2) is 9.71. The Hall–Kier alpha value is -2.57. The highest BCUT2D eigenvalue weighted by molar-refractivity contribution is 7.92. The van der Waals surface area contributed by atoms with Crippen LogP contribution in [-0.4, -0.2) is 55.7 Å². The first kappa shape index (κ1) is 26.5. The van der Waals surface area contributed by atoms with Gasteiger partial charge in [-0.15, -0.1) is 11.3 Å². The van der Waals surface area contributed by atoms with Crippen molar-refractivity contribution in [1.29, 1.82) is 0 Å². The topological polar surface area (TPSA) is 112 Å². The van der Waals surface area contributed by atoms with Crippen molar-refractivity contribution in [3.63, 3.8) is 0 Å². The molecule has 1 aromatic carbocycles. The lowest BCUT2D eigenvalue weighted by Gasteiger charge is -2.45. The molecule has 1 fully saturated rings. The van der Waals surface area contributed by atoms with Crippen molar-refractivity contribution in [1.82, 2.24) is 9.88 Å². The number of halogens is 2. The summed E-state index contributed by atoms with van der Waals surface area (Å²) in [5.41, 5.74) is 0.281. The highest BCUT2D eigenvalue weighted by Gasteiger charge is 2.41. The van der Waals surface area contributed by atoms with Crippen molar-refractivity contribution >= 4 is 50.2 Å². The van der Waals surface area contributed by atoms with E-state index in [0.29, 0.717) is 26.6 Å². The Balaban J connectivity index is 1.56. The van der Waals surface area contributed by atoms with E-state index in [4.69, 9.17) is 11.6 Å². The fraction of sp³-hybridized carbons (Fsp3) is 0.333. The third kappa shape index (κ3) is 5.70. The van der Waals surface area contributed by atoms with Crippen molar-refractivity contribution in [2.75, 3.05) is 36.4 Å². The first-order valence-corrected chi connectivity index (χ1v) is 14.1. The zero-order chi connectivity index (χ0) is 26.4. The summed E-state index contributed by atoms with van der Waals surface area (Å²) in [6.45, 7) is 4.87. The van der Waals surface area contributed by atoms with Gasteiger partial charge in [-0.2, -0.15) is 0 Å². The molecule has 0 bridgehead atoms. The van der Waals surface area contributed by atoms with Crippen molar-refractivity contribution in [2.24, 2.45) is 5.92 Å². The third-order valence-electron chi connectivity index (χ3n) is 6.14. The molecule has 3 N–H and O–H groups in total. The van der Waals surface area contributed by atoms with Gasteiger partial charge in [-0.05, 0) is 51.2 Å². The zero-order valence-electron chi connectivity index (χ0n) is 20.1. The predicted octanol–water partition coefficient (Wildman–Crippen LogP) is 4.30. The van der Waals surface area contributed by atoms with E-state index in [1.807, 2.05) is 7.05 Å². The monoisotopic (exact) mass is 552 g/mol. The number of aryl methyl sites for hydroxylation is 1. The molecule has 12 heteroatoms. The molecule has 3 heterocycles. The summed E-state index contributed by atoms with van der Waals surface area (Å²) in [6.07, 6.45) is 2.49. The molecule has 1 aliphatic heterocycles. The Labute approximate surface area is 218 Å². The lowest BCUT2D eigenvalue weighted by Crippen LogP contribution is -2.53. The average molecular weight is 553 g/mol. The number of amides is 1.